The highest BCUT2D eigenvalue weighted by molar-refractivity contribution is 6.46. The van der Waals surface area contributed by atoms with Gasteiger partial charge in [0.1, 0.15) is 11.5 Å². The minimum Gasteiger partial charge on any atom is -0.350 e. The van der Waals surface area contributed by atoms with E-state index in [2.05, 4.69) is 5.32 Å². The average molecular weight is 421 g/mol. The van der Waals surface area contributed by atoms with Crippen LogP contribution in [0.3, 0.4) is 0 Å². The van der Waals surface area contributed by atoms with Crippen molar-refractivity contribution in [1.29, 1.82) is 0 Å². The first-order valence-corrected chi connectivity index (χ1v) is 9.72. The van der Waals surface area contributed by atoms with Gasteiger partial charge in [-0.1, -0.05) is 35.9 Å². The minimum absolute atomic E-state index is 0.167. The number of imide groups is 1. The molecule has 30 heavy (non-hydrogen) atoms. The number of nitrogens with one attached hydrogen (secondary N) is 1. The number of hydrogen-bond donors (Lipinski definition) is 1. The molecule has 150 valence electrons. The van der Waals surface area contributed by atoms with E-state index >= 15 is 0 Å². The number of benzene rings is 3. The van der Waals surface area contributed by atoms with Crippen molar-refractivity contribution in [1.82, 2.24) is 0 Å². The number of rotatable bonds is 4. The fourth-order valence-electron chi connectivity index (χ4n) is 3.36. The number of aryl methyl sites for hydroxylation is 2. The van der Waals surface area contributed by atoms with Gasteiger partial charge >= 0.3 is 0 Å². The van der Waals surface area contributed by atoms with Gasteiger partial charge in [-0.2, -0.15) is 0 Å². The van der Waals surface area contributed by atoms with Crippen LogP contribution >= 0.6 is 11.6 Å². The van der Waals surface area contributed by atoms with Gasteiger partial charge in [-0.25, -0.2) is 9.29 Å². The summed E-state index contributed by atoms with van der Waals surface area (Å²) < 4.78 is 13.4. The molecule has 1 heterocycles. The van der Waals surface area contributed by atoms with Gasteiger partial charge in [0.25, 0.3) is 11.8 Å². The molecule has 0 unspecified atom stereocenters. The molecule has 3 aromatic rings. The monoisotopic (exact) mass is 420 g/mol. The highest BCUT2D eigenvalue weighted by Gasteiger charge is 2.40. The zero-order valence-electron chi connectivity index (χ0n) is 16.4. The van der Waals surface area contributed by atoms with Crippen LogP contribution in [0.4, 0.5) is 15.8 Å². The lowest BCUT2D eigenvalue weighted by atomic mass is 10.0. The molecular weight excluding hydrogens is 403 g/mol. The number of nitrogens with zero attached hydrogens (tertiary/aromatic N) is 1. The van der Waals surface area contributed by atoms with Crippen molar-refractivity contribution in [3.05, 3.63) is 100.0 Å². The van der Waals surface area contributed by atoms with Gasteiger partial charge < -0.3 is 5.32 Å². The van der Waals surface area contributed by atoms with Gasteiger partial charge in [0.2, 0.25) is 0 Å². The van der Waals surface area contributed by atoms with Crippen LogP contribution in [0.15, 0.2) is 72.4 Å². The Kier molecular flexibility index (Phi) is 5.14. The molecule has 0 atom stereocenters. The number of carbonyl (C=O) groups is 2. The normalized spacial score (nSPS) is 13.9. The molecular formula is C24H18ClFN2O2. The van der Waals surface area contributed by atoms with E-state index < -0.39 is 17.6 Å². The predicted octanol–water partition coefficient (Wildman–Crippen LogP) is 5.49. The highest BCUT2D eigenvalue weighted by Crippen LogP contribution is 2.34. The van der Waals surface area contributed by atoms with E-state index in [4.69, 9.17) is 11.6 Å². The third-order valence-corrected chi connectivity index (χ3v) is 5.21. The highest BCUT2D eigenvalue weighted by atomic mass is 35.5. The van der Waals surface area contributed by atoms with Crippen LogP contribution in [0.2, 0.25) is 5.02 Å². The van der Waals surface area contributed by atoms with Crippen molar-refractivity contribution < 1.29 is 14.0 Å². The van der Waals surface area contributed by atoms with E-state index in [0.29, 0.717) is 16.3 Å². The summed E-state index contributed by atoms with van der Waals surface area (Å²) in [7, 11) is 0. The molecule has 0 spiro atoms. The quantitative estimate of drug-likeness (QED) is 0.567. The molecule has 1 aliphatic rings. The van der Waals surface area contributed by atoms with Gasteiger partial charge in [-0.15, -0.1) is 0 Å². The molecule has 6 heteroatoms. The molecule has 2 amide bonds. The third kappa shape index (κ3) is 3.60. The van der Waals surface area contributed by atoms with Crippen molar-refractivity contribution in [2.24, 2.45) is 0 Å². The fraction of sp³-hybridized carbons (Fsp3) is 0.0833. The smallest absolute Gasteiger partial charge is 0.282 e. The molecule has 0 aromatic heterocycles. The second kappa shape index (κ2) is 7.76. The Labute approximate surface area is 178 Å². The number of carbonyl (C=O) groups excluding carboxylic acids is 2. The first-order valence-electron chi connectivity index (χ1n) is 9.34. The SMILES string of the molecule is Cc1ccc(C)c(NC2=C(c3ccc(Cl)cc3)C(=O)N(c3ccc(F)cc3)C2=O)c1. The Hall–Kier alpha value is -3.44. The summed E-state index contributed by atoms with van der Waals surface area (Å²) in [6, 6.07) is 17.8. The Balaban J connectivity index is 1.84. The van der Waals surface area contributed by atoms with E-state index in [0.717, 1.165) is 21.7 Å². The Morgan fingerprint density at radius 1 is 0.867 bits per heavy atom. The average Bonchev–Trinajstić information content (AvgIpc) is 2.96. The van der Waals surface area contributed by atoms with E-state index in [9.17, 15) is 14.0 Å². The second-order valence-electron chi connectivity index (χ2n) is 7.12. The molecule has 4 rings (SSSR count). The molecule has 0 saturated heterocycles. The lowest BCUT2D eigenvalue weighted by Crippen LogP contribution is -2.32. The molecule has 3 aromatic carbocycles. The maximum atomic E-state index is 13.4. The summed E-state index contributed by atoms with van der Waals surface area (Å²) in [5.74, 6) is -1.43. The zero-order chi connectivity index (χ0) is 21.4. The number of amides is 2. The standard InChI is InChI=1S/C24H18ClFN2O2/c1-14-3-4-15(2)20(13-14)27-22-21(16-5-7-17(25)8-6-16)23(29)28(24(22)30)19-11-9-18(26)10-12-19/h3-13,27H,1-2H3. The van der Waals surface area contributed by atoms with Crippen LogP contribution in [-0.4, -0.2) is 11.8 Å². The maximum Gasteiger partial charge on any atom is 0.282 e. The third-order valence-electron chi connectivity index (χ3n) is 4.95. The van der Waals surface area contributed by atoms with Gasteiger partial charge in [-0.05, 0) is 73.0 Å². The lowest BCUT2D eigenvalue weighted by molar-refractivity contribution is -0.120. The number of anilines is 2. The molecule has 0 radical (unpaired) electrons. The van der Waals surface area contributed by atoms with Crippen LogP contribution in [0.25, 0.3) is 5.57 Å². The largest absolute Gasteiger partial charge is 0.350 e. The Morgan fingerprint density at radius 2 is 1.53 bits per heavy atom. The predicted molar refractivity (Wildman–Crippen MR) is 117 cm³/mol. The van der Waals surface area contributed by atoms with Crippen LogP contribution < -0.4 is 10.2 Å². The molecule has 0 saturated carbocycles. The van der Waals surface area contributed by atoms with Crippen LogP contribution in [0.5, 0.6) is 0 Å². The van der Waals surface area contributed by atoms with E-state index in [-0.39, 0.29) is 11.3 Å². The van der Waals surface area contributed by atoms with Gasteiger partial charge in [0.15, 0.2) is 0 Å². The molecule has 4 nitrogen and oxygen atoms in total. The minimum atomic E-state index is -0.502. The van der Waals surface area contributed by atoms with Gasteiger partial charge in [0, 0.05) is 10.7 Å². The fourth-order valence-corrected chi connectivity index (χ4v) is 3.49. The van der Waals surface area contributed by atoms with Crippen molar-refractivity contribution in [2.45, 2.75) is 13.8 Å². The summed E-state index contributed by atoms with van der Waals surface area (Å²) in [5.41, 5.74) is 3.96. The van der Waals surface area contributed by atoms with E-state index in [1.54, 1.807) is 24.3 Å². The Bertz CT molecular complexity index is 1180. The first-order chi connectivity index (χ1) is 14.3. The van der Waals surface area contributed by atoms with Crippen molar-refractivity contribution in [2.75, 3.05) is 10.2 Å². The van der Waals surface area contributed by atoms with Crippen molar-refractivity contribution >= 4 is 40.4 Å². The summed E-state index contributed by atoms with van der Waals surface area (Å²) in [6.45, 7) is 3.87. The summed E-state index contributed by atoms with van der Waals surface area (Å²) in [6.07, 6.45) is 0. The van der Waals surface area contributed by atoms with Gasteiger partial charge in [-0.3, -0.25) is 9.59 Å². The van der Waals surface area contributed by atoms with E-state index in [1.807, 2.05) is 32.0 Å². The lowest BCUT2D eigenvalue weighted by Gasteiger charge is -2.16. The molecule has 1 aliphatic heterocycles. The molecule has 0 fully saturated rings. The second-order valence-corrected chi connectivity index (χ2v) is 7.56. The maximum absolute atomic E-state index is 13.4. The van der Waals surface area contributed by atoms with E-state index in [1.165, 1.54) is 24.3 Å². The van der Waals surface area contributed by atoms with Crippen LogP contribution in [0.1, 0.15) is 16.7 Å². The topological polar surface area (TPSA) is 49.4 Å². The van der Waals surface area contributed by atoms with Crippen molar-refractivity contribution in [3.8, 4) is 0 Å². The number of halogens is 2. The van der Waals surface area contributed by atoms with Crippen molar-refractivity contribution in [3.63, 3.8) is 0 Å². The number of hydrogen-bond acceptors (Lipinski definition) is 3. The Morgan fingerprint density at radius 3 is 2.20 bits per heavy atom. The summed E-state index contributed by atoms with van der Waals surface area (Å²) >= 11 is 6.00. The van der Waals surface area contributed by atoms with Crippen LogP contribution in [0, 0.1) is 19.7 Å². The van der Waals surface area contributed by atoms with Gasteiger partial charge in [0.05, 0.1) is 11.3 Å². The summed E-state index contributed by atoms with van der Waals surface area (Å²) in [4.78, 5) is 27.7. The first kappa shape index (κ1) is 19.9. The summed E-state index contributed by atoms with van der Waals surface area (Å²) in [5, 5.41) is 3.69. The zero-order valence-corrected chi connectivity index (χ0v) is 17.1. The molecule has 1 N–H and O–H groups in total. The molecule has 0 aliphatic carbocycles. The molecule has 0 bridgehead atoms. The van der Waals surface area contributed by atoms with Crippen LogP contribution in [-0.2, 0) is 9.59 Å².